The number of carbonyl (C=O) groups excluding carboxylic acids is 1. The third-order valence-electron chi connectivity index (χ3n) is 4.13. The van der Waals surface area contributed by atoms with Gasteiger partial charge in [-0.1, -0.05) is 20.8 Å². The molecule has 2 rings (SSSR count). The maximum absolute atomic E-state index is 12.6. The van der Waals surface area contributed by atoms with E-state index in [1.54, 1.807) is 12.3 Å². The molecule has 1 atom stereocenters. The molecular formula is C15H24N4O. The highest BCUT2D eigenvalue weighted by Crippen LogP contribution is 2.34. The van der Waals surface area contributed by atoms with Crippen molar-refractivity contribution < 1.29 is 4.79 Å². The lowest BCUT2D eigenvalue weighted by Crippen LogP contribution is -2.32. The summed E-state index contributed by atoms with van der Waals surface area (Å²) in [6.45, 7) is 10.2. The van der Waals surface area contributed by atoms with Crippen molar-refractivity contribution in [1.82, 2.24) is 9.88 Å². The molecule has 1 unspecified atom stereocenters. The number of hydrogen-bond donors (Lipinski definition) is 2. The fraction of sp³-hybridized carbons (Fsp3) is 0.600. The Morgan fingerprint density at radius 3 is 2.75 bits per heavy atom. The molecule has 0 saturated carbocycles. The fourth-order valence-corrected chi connectivity index (χ4v) is 2.67. The van der Waals surface area contributed by atoms with E-state index in [4.69, 9.17) is 5.84 Å². The zero-order chi connectivity index (χ0) is 14.9. The van der Waals surface area contributed by atoms with Gasteiger partial charge in [0.1, 0.15) is 0 Å². The van der Waals surface area contributed by atoms with Crippen molar-refractivity contribution in [2.75, 3.05) is 18.5 Å². The molecule has 0 bridgehead atoms. The number of nitrogens with one attached hydrogen (secondary N) is 1. The van der Waals surface area contributed by atoms with E-state index in [2.05, 4.69) is 31.2 Å². The minimum atomic E-state index is 0.0113. The first-order valence-corrected chi connectivity index (χ1v) is 7.05. The van der Waals surface area contributed by atoms with Crippen LogP contribution in [0.3, 0.4) is 0 Å². The number of nitrogens with two attached hydrogens (primary N) is 1. The molecule has 1 fully saturated rings. The summed E-state index contributed by atoms with van der Waals surface area (Å²) in [6.07, 6.45) is 2.66. The van der Waals surface area contributed by atoms with Crippen LogP contribution in [0.2, 0.25) is 0 Å². The molecule has 0 radical (unpaired) electrons. The second-order valence-corrected chi connectivity index (χ2v) is 6.62. The average molecular weight is 276 g/mol. The third-order valence-corrected chi connectivity index (χ3v) is 4.13. The van der Waals surface area contributed by atoms with Crippen molar-refractivity contribution in [3.05, 3.63) is 23.5 Å². The Morgan fingerprint density at radius 2 is 2.20 bits per heavy atom. The highest BCUT2D eigenvalue weighted by Gasteiger charge is 2.34. The van der Waals surface area contributed by atoms with Gasteiger partial charge < -0.3 is 10.3 Å². The van der Waals surface area contributed by atoms with Gasteiger partial charge in [0.2, 0.25) is 0 Å². The van der Waals surface area contributed by atoms with Gasteiger partial charge in [0, 0.05) is 25.0 Å². The number of pyridine rings is 1. The molecule has 0 spiro atoms. The average Bonchev–Trinajstić information content (AvgIpc) is 2.87. The van der Waals surface area contributed by atoms with Crippen LogP contribution in [0.1, 0.15) is 43.2 Å². The van der Waals surface area contributed by atoms with Crippen LogP contribution in [0.4, 0.5) is 5.69 Å². The summed E-state index contributed by atoms with van der Waals surface area (Å²) in [5.74, 6) is 6.06. The Labute approximate surface area is 120 Å². The number of anilines is 1. The summed E-state index contributed by atoms with van der Waals surface area (Å²) in [5, 5.41) is 0. The number of carbonyl (C=O) groups is 1. The van der Waals surface area contributed by atoms with Gasteiger partial charge in [-0.2, -0.15) is 0 Å². The first-order chi connectivity index (χ1) is 9.32. The monoisotopic (exact) mass is 276 g/mol. The van der Waals surface area contributed by atoms with E-state index in [0.29, 0.717) is 17.2 Å². The number of likely N-dealkylation sites (tertiary alicyclic amines) is 1. The summed E-state index contributed by atoms with van der Waals surface area (Å²) in [4.78, 5) is 18.7. The van der Waals surface area contributed by atoms with E-state index in [9.17, 15) is 4.79 Å². The highest BCUT2D eigenvalue weighted by atomic mass is 16.2. The molecule has 1 aromatic heterocycles. The molecule has 2 heterocycles. The SMILES string of the molecule is Cc1cc(NN)c(C(=O)N2CCC(C(C)(C)C)C2)cn1. The number of nitrogen functional groups attached to an aromatic ring is 1. The molecule has 110 valence electrons. The predicted molar refractivity (Wildman–Crippen MR) is 80.2 cm³/mol. The molecule has 5 heteroatoms. The van der Waals surface area contributed by atoms with Gasteiger partial charge in [-0.05, 0) is 30.7 Å². The summed E-state index contributed by atoms with van der Waals surface area (Å²) < 4.78 is 0. The van der Waals surface area contributed by atoms with Gasteiger partial charge >= 0.3 is 0 Å². The van der Waals surface area contributed by atoms with Crippen LogP contribution < -0.4 is 11.3 Å². The smallest absolute Gasteiger partial charge is 0.257 e. The van der Waals surface area contributed by atoms with Crippen LogP contribution in [0, 0.1) is 18.3 Å². The summed E-state index contributed by atoms with van der Waals surface area (Å²) in [7, 11) is 0. The quantitative estimate of drug-likeness (QED) is 0.641. The van der Waals surface area contributed by atoms with Gasteiger partial charge in [0.25, 0.3) is 5.91 Å². The first kappa shape index (κ1) is 14.8. The van der Waals surface area contributed by atoms with E-state index < -0.39 is 0 Å². The number of amides is 1. The Balaban J connectivity index is 2.17. The maximum Gasteiger partial charge on any atom is 0.257 e. The van der Waals surface area contributed by atoms with Crippen LogP contribution in [0.5, 0.6) is 0 Å². The fourth-order valence-electron chi connectivity index (χ4n) is 2.67. The number of hydrazine groups is 1. The zero-order valence-electron chi connectivity index (χ0n) is 12.7. The molecule has 3 N–H and O–H groups in total. The molecule has 1 aromatic rings. The van der Waals surface area contributed by atoms with E-state index in [0.717, 1.165) is 25.2 Å². The second-order valence-electron chi connectivity index (χ2n) is 6.62. The van der Waals surface area contributed by atoms with Crippen molar-refractivity contribution in [3.63, 3.8) is 0 Å². The van der Waals surface area contributed by atoms with Crippen LogP contribution in [-0.2, 0) is 0 Å². The molecule has 5 nitrogen and oxygen atoms in total. The molecule has 1 amide bonds. The highest BCUT2D eigenvalue weighted by molar-refractivity contribution is 5.99. The summed E-state index contributed by atoms with van der Waals surface area (Å²) in [6, 6.07) is 1.80. The topological polar surface area (TPSA) is 71.2 Å². The van der Waals surface area contributed by atoms with Crippen molar-refractivity contribution in [1.29, 1.82) is 0 Å². The van der Waals surface area contributed by atoms with Gasteiger partial charge in [-0.15, -0.1) is 0 Å². The lowest BCUT2D eigenvalue weighted by atomic mass is 9.80. The molecule has 20 heavy (non-hydrogen) atoms. The number of rotatable bonds is 2. The molecule has 0 aliphatic carbocycles. The lowest BCUT2D eigenvalue weighted by Gasteiger charge is -2.27. The van der Waals surface area contributed by atoms with Crippen LogP contribution in [0.15, 0.2) is 12.3 Å². The lowest BCUT2D eigenvalue weighted by molar-refractivity contribution is 0.0777. The van der Waals surface area contributed by atoms with E-state index in [1.165, 1.54) is 0 Å². The number of nitrogens with zero attached hydrogens (tertiary/aromatic N) is 2. The van der Waals surface area contributed by atoms with Crippen molar-refractivity contribution >= 4 is 11.6 Å². The maximum atomic E-state index is 12.6. The minimum absolute atomic E-state index is 0.0113. The standard InChI is InChI=1S/C15H24N4O/c1-10-7-13(18-16)12(8-17-10)14(20)19-6-5-11(9-19)15(2,3)4/h7-8,11H,5-6,9,16H2,1-4H3,(H,17,18). The Morgan fingerprint density at radius 1 is 1.50 bits per heavy atom. The van der Waals surface area contributed by atoms with Crippen molar-refractivity contribution in [2.24, 2.45) is 17.2 Å². The molecule has 1 aliphatic heterocycles. The summed E-state index contributed by atoms with van der Waals surface area (Å²) in [5.41, 5.74) is 4.85. The molecule has 1 saturated heterocycles. The van der Waals surface area contributed by atoms with Crippen LogP contribution in [0.25, 0.3) is 0 Å². The first-order valence-electron chi connectivity index (χ1n) is 7.05. The Hall–Kier alpha value is -1.62. The Bertz CT molecular complexity index is 507. The predicted octanol–water partition coefficient (Wildman–Crippen LogP) is 2.18. The van der Waals surface area contributed by atoms with Gasteiger partial charge in [0.15, 0.2) is 0 Å². The van der Waals surface area contributed by atoms with Crippen LogP contribution >= 0.6 is 0 Å². The summed E-state index contributed by atoms with van der Waals surface area (Å²) >= 11 is 0. The Kier molecular flexibility index (Phi) is 3.99. The minimum Gasteiger partial charge on any atom is -0.338 e. The normalized spacial score (nSPS) is 19.2. The van der Waals surface area contributed by atoms with Gasteiger partial charge in [0.05, 0.1) is 11.3 Å². The molecular weight excluding hydrogens is 252 g/mol. The van der Waals surface area contributed by atoms with Crippen molar-refractivity contribution in [2.45, 2.75) is 34.1 Å². The third kappa shape index (κ3) is 2.93. The second kappa shape index (κ2) is 5.40. The zero-order valence-corrected chi connectivity index (χ0v) is 12.7. The van der Waals surface area contributed by atoms with Gasteiger partial charge in [-0.3, -0.25) is 15.6 Å². The number of hydrogen-bond acceptors (Lipinski definition) is 4. The number of aryl methyl sites for hydroxylation is 1. The van der Waals surface area contributed by atoms with Gasteiger partial charge in [-0.25, -0.2) is 0 Å². The largest absolute Gasteiger partial charge is 0.338 e. The van der Waals surface area contributed by atoms with E-state index in [1.807, 2.05) is 11.8 Å². The van der Waals surface area contributed by atoms with Crippen LogP contribution in [-0.4, -0.2) is 28.9 Å². The van der Waals surface area contributed by atoms with Crippen molar-refractivity contribution in [3.8, 4) is 0 Å². The molecule has 0 aromatic carbocycles. The van der Waals surface area contributed by atoms with E-state index in [-0.39, 0.29) is 11.3 Å². The number of aromatic nitrogens is 1. The molecule has 1 aliphatic rings. The van der Waals surface area contributed by atoms with E-state index >= 15 is 0 Å².